The Balaban J connectivity index is 2.20. The zero-order valence-electron chi connectivity index (χ0n) is 8.98. The van der Waals surface area contributed by atoms with Gasteiger partial charge in [-0.3, -0.25) is 4.99 Å². The molecule has 0 bridgehead atoms. The van der Waals surface area contributed by atoms with E-state index in [0.29, 0.717) is 0 Å². The summed E-state index contributed by atoms with van der Waals surface area (Å²) in [5.41, 5.74) is 2.60. The number of halogens is 2. The van der Waals surface area contributed by atoms with E-state index in [2.05, 4.69) is 38.4 Å². The number of benzene rings is 1. The fourth-order valence-corrected chi connectivity index (χ4v) is 3.23. The van der Waals surface area contributed by atoms with Crippen molar-refractivity contribution >= 4 is 39.1 Å². The molecule has 1 N–H and O–H groups in total. The highest BCUT2D eigenvalue weighted by molar-refractivity contribution is 9.10. The second kappa shape index (κ2) is 3.47. The van der Waals surface area contributed by atoms with Crippen LogP contribution < -0.4 is 5.32 Å². The maximum Gasteiger partial charge on any atom is 0.111 e. The number of aliphatic imine (C=N–C) groups is 1. The zero-order chi connectivity index (χ0) is 11.3. The monoisotopic (exact) mass is 298 g/mol. The molecule has 1 aromatic rings. The van der Waals surface area contributed by atoms with E-state index in [1.54, 1.807) is 0 Å². The van der Waals surface area contributed by atoms with Gasteiger partial charge in [-0.15, -0.1) is 0 Å². The average Bonchev–Trinajstić information content (AvgIpc) is 2.52. The Morgan fingerprint density at radius 1 is 1.44 bits per heavy atom. The highest BCUT2D eigenvalue weighted by atomic mass is 79.9. The van der Waals surface area contributed by atoms with Gasteiger partial charge < -0.3 is 5.32 Å². The van der Waals surface area contributed by atoms with Crippen molar-refractivity contribution < 1.29 is 0 Å². The SMILES string of the molecule is CN=C1Nc2cc(Br)c(Cl)cc2C12CCC2. The van der Waals surface area contributed by atoms with Crippen LogP contribution in [0.4, 0.5) is 5.69 Å². The Hall–Kier alpha value is -0.540. The lowest BCUT2D eigenvalue weighted by molar-refractivity contribution is 0.347. The molecule has 0 aromatic heterocycles. The topological polar surface area (TPSA) is 24.4 Å². The van der Waals surface area contributed by atoms with Crippen molar-refractivity contribution in [3.63, 3.8) is 0 Å². The third-order valence-corrected chi connectivity index (χ3v) is 4.91. The Labute approximate surface area is 108 Å². The van der Waals surface area contributed by atoms with Crippen LogP contribution in [0.2, 0.25) is 5.02 Å². The van der Waals surface area contributed by atoms with Crippen LogP contribution in [-0.4, -0.2) is 12.9 Å². The third kappa shape index (κ3) is 1.22. The summed E-state index contributed by atoms with van der Waals surface area (Å²) in [6, 6.07) is 4.13. The van der Waals surface area contributed by atoms with Crippen molar-refractivity contribution in [2.75, 3.05) is 12.4 Å². The number of anilines is 1. The number of nitrogens with one attached hydrogen (secondary N) is 1. The molecule has 2 aliphatic rings. The number of hydrogen-bond donors (Lipinski definition) is 1. The lowest BCUT2D eigenvalue weighted by Crippen LogP contribution is -2.41. The van der Waals surface area contributed by atoms with Gasteiger partial charge in [-0.05, 0) is 46.5 Å². The first-order valence-corrected chi connectivity index (χ1v) is 6.58. The normalized spacial score (nSPS) is 23.1. The molecule has 1 aromatic carbocycles. The largest absolute Gasteiger partial charge is 0.343 e. The number of nitrogens with zero attached hydrogens (tertiary/aromatic N) is 1. The Morgan fingerprint density at radius 3 is 2.75 bits per heavy atom. The van der Waals surface area contributed by atoms with Gasteiger partial charge in [-0.25, -0.2) is 0 Å². The van der Waals surface area contributed by atoms with E-state index in [4.69, 9.17) is 11.6 Å². The first-order valence-electron chi connectivity index (χ1n) is 5.41. The molecule has 0 amide bonds. The molecule has 84 valence electrons. The molecule has 3 rings (SSSR count). The second-order valence-electron chi connectivity index (χ2n) is 4.44. The van der Waals surface area contributed by atoms with Crippen molar-refractivity contribution in [2.24, 2.45) is 4.99 Å². The van der Waals surface area contributed by atoms with Gasteiger partial charge in [0.25, 0.3) is 0 Å². The first kappa shape index (κ1) is 10.6. The summed E-state index contributed by atoms with van der Waals surface area (Å²) in [5.74, 6) is 1.10. The summed E-state index contributed by atoms with van der Waals surface area (Å²) >= 11 is 9.63. The van der Waals surface area contributed by atoms with E-state index < -0.39 is 0 Å². The number of rotatable bonds is 0. The number of hydrogen-bond acceptors (Lipinski definition) is 1. The van der Waals surface area contributed by atoms with Gasteiger partial charge in [0.15, 0.2) is 0 Å². The smallest absolute Gasteiger partial charge is 0.111 e. The quantitative estimate of drug-likeness (QED) is 0.770. The molecule has 16 heavy (non-hydrogen) atoms. The predicted molar refractivity (Wildman–Crippen MR) is 71.7 cm³/mol. The second-order valence-corrected chi connectivity index (χ2v) is 5.71. The summed E-state index contributed by atoms with van der Waals surface area (Å²) in [6.45, 7) is 0. The van der Waals surface area contributed by atoms with E-state index >= 15 is 0 Å². The number of amidine groups is 1. The molecule has 0 unspecified atom stereocenters. The van der Waals surface area contributed by atoms with Gasteiger partial charge in [-0.1, -0.05) is 18.0 Å². The van der Waals surface area contributed by atoms with E-state index in [-0.39, 0.29) is 5.41 Å². The van der Waals surface area contributed by atoms with E-state index in [1.165, 1.54) is 24.8 Å². The lowest BCUT2D eigenvalue weighted by Gasteiger charge is -2.38. The maximum absolute atomic E-state index is 6.18. The summed E-state index contributed by atoms with van der Waals surface area (Å²) < 4.78 is 0.937. The summed E-state index contributed by atoms with van der Waals surface area (Å²) in [5, 5.41) is 4.19. The van der Waals surface area contributed by atoms with Gasteiger partial charge in [-0.2, -0.15) is 0 Å². The standard InChI is InChI=1S/C12H12BrClN2/c1-15-11-12(3-2-4-12)7-5-9(14)8(13)6-10(7)16-11/h5-6H,2-4H2,1H3,(H,15,16). The maximum atomic E-state index is 6.18. The summed E-state index contributed by atoms with van der Waals surface area (Å²) in [4.78, 5) is 4.38. The Kier molecular flexibility index (Phi) is 2.30. The molecule has 0 radical (unpaired) electrons. The van der Waals surface area contributed by atoms with E-state index in [0.717, 1.165) is 21.0 Å². The van der Waals surface area contributed by atoms with Crippen LogP contribution in [0.3, 0.4) is 0 Å². The van der Waals surface area contributed by atoms with Crippen molar-refractivity contribution in [1.82, 2.24) is 0 Å². The Morgan fingerprint density at radius 2 is 2.19 bits per heavy atom. The molecule has 1 heterocycles. The summed E-state index contributed by atoms with van der Waals surface area (Å²) in [7, 11) is 1.85. The van der Waals surface area contributed by atoms with Crippen molar-refractivity contribution in [3.8, 4) is 0 Å². The highest BCUT2D eigenvalue weighted by Crippen LogP contribution is 2.52. The van der Waals surface area contributed by atoms with Crippen LogP contribution in [0.25, 0.3) is 0 Å². The fraction of sp³-hybridized carbons (Fsp3) is 0.417. The molecular formula is C12H12BrClN2. The van der Waals surface area contributed by atoms with Gasteiger partial charge in [0, 0.05) is 17.2 Å². The van der Waals surface area contributed by atoms with Crippen LogP contribution in [0, 0.1) is 0 Å². The van der Waals surface area contributed by atoms with Crippen molar-refractivity contribution in [2.45, 2.75) is 24.7 Å². The minimum Gasteiger partial charge on any atom is -0.343 e. The van der Waals surface area contributed by atoms with E-state index in [9.17, 15) is 0 Å². The van der Waals surface area contributed by atoms with Crippen LogP contribution >= 0.6 is 27.5 Å². The molecule has 2 nitrogen and oxygen atoms in total. The molecule has 0 saturated heterocycles. The zero-order valence-corrected chi connectivity index (χ0v) is 11.3. The van der Waals surface area contributed by atoms with Crippen molar-refractivity contribution in [3.05, 3.63) is 27.2 Å². The van der Waals surface area contributed by atoms with Crippen molar-refractivity contribution in [1.29, 1.82) is 0 Å². The summed E-state index contributed by atoms with van der Waals surface area (Å²) in [6.07, 6.45) is 3.63. The molecule has 0 atom stereocenters. The average molecular weight is 300 g/mol. The molecule has 4 heteroatoms. The van der Waals surface area contributed by atoms with Gasteiger partial charge >= 0.3 is 0 Å². The van der Waals surface area contributed by atoms with E-state index in [1.807, 2.05) is 7.05 Å². The van der Waals surface area contributed by atoms with Crippen LogP contribution in [0.15, 0.2) is 21.6 Å². The highest BCUT2D eigenvalue weighted by Gasteiger charge is 2.49. The van der Waals surface area contributed by atoms with Crippen LogP contribution in [-0.2, 0) is 5.41 Å². The predicted octanol–water partition coefficient (Wildman–Crippen LogP) is 3.98. The first-order chi connectivity index (χ1) is 7.67. The lowest BCUT2D eigenvalue weighted by atomic mass is 9.65. The molecule has 1 aliphatic carbocycles. The molecule has 1 saturated carbocycles. The molecule has 1 spiro atoms. The minimum atomic E-state index is 0.133. The van der Waals surface area contributed by atoms with Crippen LogP contribution in [0.1, 0.15) is 24.8 Å². The molecule has 1 fully saturated rings. The van der Waals surface area contributed by atoms with Gasteiger partial charge in [0.1, 0.15) is 5.84 Å². The number of fused-ring (bicyclic) bond motifs is 2. The minimum absolute atomic E-state index is 0.133. The van der Waals surface area contributed by atoms with Crippen LogP contribution in [0.5, 0.6) is 0 Å². The van der Waals surface area contributed by atoms with Gasteiger partial charge in [0.05, 0.1) is 10.4 Å². The fourth-order valence-electron chi connectivity index (χ4n) is 2.73. The third-order valence-electron chi connectivity index (χ3n) is 3.71. The molecular weight excluding hydrogens is 288 g/mol. The Bertz CT molecular complexity index is 492. The molecule has 1 aliphatic heterocycles. The van der Waals surface area contributed by atoms with Gasteiger partial charge in [0.2, 0.25) is 0 Å².